The minimum absolute atomic E-state index is 0.0910. The normalized spacial score (nSPS) is 16.9. The molecule has 2 heterocycles. The van der Waals surface area contributed by atoms with Crippen molar-refractivity contribution in [2.24, 2.45) is 0 Å². The molecule has 5 nitrogen and oxygen atoms in total. The molecule has 0 N–H and O–H groups in total. The minimum atomic E-state index is -4.98. The largest absolute Gasteiger partial charge is 0.492 e. The van der Waals surface area contributed by atoms with E-state index in [-0.39, 0.29) is 13.1 Å². The Morgan fingerprint density at radius 1 is 1.37 bits per heavy atom. The number of rotatable bonds is 2. The van der Waals surface area contributed by atoms with Crippen molar-refractivity contribution in [2.75, 3.05) is 13.1 Å². The second-order valence-corrected chi connectivity index (χ2v) is 3.83. The van der Waals surface area contributed by atoms with E-state index >= 15 is 0 Å². The van der Waals surface area contributed by atoms with Crippen LogP contribution in [0.4, 0.5) is 13.2 Å². The summed E-state index contributed by atoms with van der Waals surface area (Å²) in [5.74, 6) is -2.20. The summed E-state index contributed by atoms with van der Waals surface area (Å²) in [6, 6.07) is 0. The van der Waals surface area contributed by atoms with Gasteiger partial charge in [-0.05, 0) is 12.0 Å². The third kappa shape index (κ3) is 3.50. The van der Waals surface area contributed by atoms with Crippen LogP contribution in [0.1, 0.15) is 12.1 Å². The molecular weight excluding hydrogens is 263 g/mol. The molecule has 0 bridgehead atoms. The zero-order chi connectivity index (χ0) is 13.9. The zero-order valence-electron chi connectivity index (χ0n) is 9.72. The summed E-state index contributed by atoms with van der Waals surface area (Å²) in [6.45, 7) is 0.276. The number of hydroxylamine groups is 2. The Kier molecular flexibility index (Phi) is 3.79. The van der Waals surface area contributed by atoms with Crippen molar-refractivity contribution in [3.05, 3.63) is 30.4 Å². The van der Waals surface area contributed by atoms with E-state index in [1.165, 1.54) is 12.4 Å². The lowest BCUT2D eigenvalue weighted by atomic mass is 10.1. The molecule has 0 aliphatic carbocycles. The number of alkyl halides is 3. The van der Waals surface area contributed by atoms with Crippen molar-refractivity contribution >= 4 is 11.5 Å². The van der Waals surface area contributed by atoms with Gasteiger partial charge in [0.15, 0.2) is 0 Å². The van der Waals surface area contributed by atoms with Crippen LogP contribution in [0.15, 0.2) is 24.7 Å². The second-order valence-electron chi connectivity index (χ2n) is 3.83. The van der Waals surface area contributed by atoms with Gasteiger partial charge in [0.2, 0.25) is 0 Å². The van der Waals surface area contributed by atoms with Crippen molar-refractivity contribution in [3.8, 4) is 0 Å². The molecule has 0 saturated heterocycles. The Labute approximate surface area is 106 Å². The maximum atomic E-state index is 12.0. The van der Waals surface area contributed by atoms with Crippen molar-refractivity contribution < 1.29 is 22.8 Å². The van der Waals surface area contributed by atoms with Gasteiger partial charge in [0.25, 0.3) is 0 Å². The van der Waals surface area contributed by atoms with Gasteiger partial charge in [-0.1, -0.05) is 6.08 Å². The van der Waals surface area contributed by atoms with E-state index in [0.29, 0.717) is 12.1 Å². The quantitative estimate of drug-likeness (QED) is 0.819. The molecule has 1 aliphatic heterocycles. The van der Waals surface area contributed by atoms with Crippen LogP contribution in [0, 0.1) is 0 Å². The number of nitrogens with zero attached hydrogens (tertiary/aromatic N) is 3. The second kappa shape index (κ2) is 5.35. The lowest BCUT2D eigenvalue weighted by molar-refractivity contribution is -0.237. The van der Waals surface area contributed by atoms with E-state index in [0.717, 1.165) is 10.6 Å². The van der Waals surface area contributed by atoms with Gasteiger partial charge < -0.3 is 4.84 Å². The van der Waals surface area contributed by atoms with Gasteiger partial charge in [-0.15, -0.1) is 5.06 Å². The highest BCUT2D eigenvalue weighted by Gasteiger charge is 2.42. The summed E-state index contributed by atoms with van der Waals surface area (Å²) < 4.78 is 36.0. The molecule has 2 rings (SSSR count). The number of carbonyl (C=O) groups is 1. The molecule has 0 radical (unpaired) electrons. The predicted molar refractivity (Wildman–Crippen MR) is 58.3 cm³/mol. The van der Waals surface area contributed by atoms with Crippen LogP contribution in [-0.4, -0.2) is 40.3 Å². The fourth-order valence-electron chi connectivity index (χ4n) is 1.60. The summed E-state index contributed by atoms with van der Waals surface area (Å²) in [5.41, 5.74) is 1.54. The molecule has 0 aromatic carbocycles. The SMILES string of the molecule is O=C(ON1CC=C(c2cnccn2)CC1)C(F)(F)F. The number of carbonyl (C=O) groups excluding carboxylic acids is 1. The van der Waals surface area contributed by atoms with Crippen LogP contribution in [0.5, 0.6) is 0 Å². The van der Waals surface area contributed by atoms with Crippen molar-refractivity contribution in [1.29, 1.82) is 0 Å². The molecule has 19 heavy (non-hydrogen) atoms. The highest BCUT2D eigenvalue weighted by Crippen LogP contribution is 2.22. The van der Waals surface area contributed by atoms with Crippen molar-refractivity contribution in [2.45, 2.75) is 12.6 Å². The minimum Gasteiger partial charge on any atom is -0.360 e. The van der Waals surface area contributed by atoms with Crippen LogP contribution in [-0.2, 0) is 9.63 Å². The van der Waals surface area contributed by atoms with E-state index < -0.39 is 12.1 Å². The average molecular weight is 273 g/mol. The molecule has 102 valence electrons. The van der Waals surface area contributed by atoms with Crippen LogP contribution >= 0.6 is 0 Å². The van der Waals surface area contributed by atoms with Gasteiger partial charge in [0.05, 0.1) is 18.4 Å². The first kappa shape index (κ1) is 13.5. The first-order chi connectivity index (χ1) is 8.97. The molecular formula is C11H10F3N3O2. The number of aromatic nitrogens is 2. The molecule has 0 spiro atoms. The van der Waals surface area contributed by atoms with Crippen molar-refractivity contribution in [1.82, 2.24) is 15.0 Å². The molecule has 0 unspecified atom stereocenters. The Balaban J connectivity index is 1.95. The number of halogens is 3. The van der Waals surface area contributed by atoms with Crippen molar-refractivity contribution in [3.63, 3.8) is 0 Å². The molecule has 1 aromatic rings. The summed E-state index contributed by atoms with van der Waals surface area (Å²) in [7, 11) is 0. The maximum Gasteiger partial charge on any atom is 0.492 e. The lowest BCUT2D eigenvalue weighted by Gasteiger charge is -2.24. The fraction of sp³-hybridized carbons (Fsp3) is 0.364. The summed E-state index contributed by atoms with van der Waals surface area (Å²) >= 11 is 0. The van der Waals surface area contributed by atoms with Crippen LogP contribution < -0.4 is 0 Å². The Bertz CT molecular complexity index is 488. The molecule has 1 aromatic heterocycles. The third-order valence-electron chi connectivity index (χ3n) is 2.51. The number of hydrogen-bond acceptors (Lipinski definition) is 5. The average Bonchev–Trinajstić information content (AvgIpc) is 2.39. The molecule has 8 heteroatoms. The molecule has 0 amide bonds. The van der Waals surface area contributed by atoms with E-state index in [9.17, 15) is 18.0 Å². The predicted octanol–water partition coefficient (Wildman–Crippen LogP) is 1.59. The number of hydrogen-bond donors (Lipinski definition) is 0. The highest BCUT2D eigenvalue weighted by molar-refractivity contribution is 5.75. The van der Waals surface area contributed by atoms with Gasteiger partial charge in [-0.2, -0.15) is 13.2 Å². The molecule has 1 aliphatic rings. The zero-order valence-corrected chi connectivity index (χ0v) is 9.72. The lowest BCUT2D eigenvalue weighted by Crippen LogP contribution is -2.37. The van der Waals surface area contributed by atoms with Gasteiger partial charge in [-0.25, -0.2) is 4.79 Å². The first-order valence-electron chi connectivity index (χ1n) is 5.46. The summed E-state index contributed by atoms with van der Waals surface area (Å²) in [4.78, 5) is 22.9. The topological polar surface area (TPSA) is 55.3 Å². The Morgan fingerprint density at radius 2 is 2.16 bits per heavy atom. The fourth-order valence-corrected chi connectivity index (χ4v) is 1.60. The molecule has 0 fully saturated rings. The van der Waals surface area contributed by atoms with Crippen LogP contribution in [0.3, 0.4) is 0 Å². The van der Waals surface area contributed by atoms with E-state index in [4.69, 9.17) is 0 Å². The maximum absolute atomic E-state index is 12.0. The van der Waals surface area contributed by atoms with Gasteiger partial charge in [0, 0.05) is 18.9 Å². The Morgan fingerprint density at radius 3 is 2.68 bits per heavy atom. The summed E-state index contributed by atoms with van der Waals surface area (Å²) in [6.07, 6.45) is 1.76. The smallest absolute Gasteiger partial charge is 0.360 e. The summed E-state index contributed by atoms with van der Waals surface area (Å²) in [5, 5.41) is 0.968. The van der Waals surface area contributed by atoms with Gasteiger partial charge in [0.1, 0.15) is 0 Å². The van der Waals surface area contributed by atoms with Crippen LogP contribution in [0.2, 0.25) is 0 Å². The van der Waals surface area contributed by atoms with E-state index in [2.05, 4.69) is 14.8 Å². The highest BCUT2D eigenvalue weighted by atomic mass is 19.4. The van der Waals surface area contributed by atoms with Crippen LogP contribution in [0.25, 0.3) is 5.57 Å². The molecule has 0 saturated carbocycles. The third-order valence-corrected chi connectivity index (χ3v) is 2.51. The molecule has 0 atom stereocenters. The van der Waals surface area contributed by atoms with E-state index in [1.807, 2.05) is 0 Å². The van der Waals surface area contributed by atoms with Gasteiger partial charge in [-0.3, -0.25) is 9.97 Å². The Hall–Kier alpha value is -1.96. The monoisotopic (exact) mass is 273 g/mol. The standard InChI is InChI=1S/C11H10F3N3O2/c12-11(13,14)10(18)19-17-5-1-8(2-6-17)9-7-15-3-4-16-9/h1,3-4,7H,2,5-6H2. The van der Waals surface area contributed by atoms with Gasteiger partial charge >= 0.3 is 12.1 Å². The first-order valence-corrected chi connectivity index (χ1v) is 5.46. The van der Waals surface area contributed by atoms with E-state index in [1.54, 1.807) is 12.3 Å².